The summed E-state index contributed by atoms with van der Waals surface area (Å²) in [5, 5.41) is 3.75. The molecule has 1 aliphatic rings. The van der Waals surface area contributed by atoms with Crippen molar-refractivity contribution in [3.63, 3.8) is 0 Å². The normalized spacial score (nSPS) is 18.1. The van der Waals surface area contributed by atoms with Crippen LogP contribution >= 0.6 is 0 Å². The van der Waals surface area contributed by atoms with Crippen molar-refractivity contribution in [1.29, 1.82) is 0 Å². The number of aryl methyl sites for hydroxylation is 1. The molecule has 0 aromatic carbocycles. The van der Waals surface area contributed by atoms with E-state index in [-0.39, 0.29) is 0 Å². The van der Waals surface area contributed by atoms with E-state index in [2.05, 4.69) is 29.4 Å². The zero-order chi connectivity index (χ0) is 12.6. The third kappa shape index (κ3) is 4.09. The Morgan fingerprint density at radius 3 is 2.83 bits per heavy atom. The van der Waals surface area contributed by atoms with E-state index < -0.39 is 0 Å². The third-order valence-corrected chi connectivity index (χ3v) is 4.06. The number of nitrogens with zero attached hydrogens (tertiary/aromatic N) is 1. The largest absolute Gasteiger partial charge is 0.314 e. The molecule has 2 heteroatoms. The Kier molecular flexibility index (Phi) is 5.66. The standard InChI is InChI=1S/C16H26N2/c1-2-12-18-16(14-7-3-4-8-14)11-10-15-9-5-6-13-17-15/h5-6,9,13-14,16,18H,2-4,7-8,10-12H2,1H3. The van der Waals surface area contributed by atoms with Gasteiger partial charge in [0, 0.05) is 17.9 Å². The highest BCUT2D eigenvalue weighted by Crippen LogP contribution is 2.29. The van der Waals surface area contributed by atoms with Crippen molar-refractivity contribution in [2.24, 2.45) is 5.92 Å². The topological polar surface area (TPSA) is 24.9 Å². The van der Waals surface area contributed by atoms with Gasteiger partial charge >= 0.3 is 0 Å². The lowest BCUT2D eigenvalue weighted by atomic mass is 9.93. The summed E-state index contributed by atoms with van der Waals surface area (Å²) in [6.07, 6.45) is 11.2. The second-order valence-corrected chi connectivity index (χ2v) is 5.46. The zero-order valence-corrected chi connectivity index (χ0v) is 11.6. The van der Waals surface area contributed by atoms with E-state index in [9.17, 15) is 0 Å². The van der Waals surface area contributed by atoms with Gasteiger partial charge in [-0.2, -0.15) is 0 Å². The summed E-state index contributed by atoms with van der Waals surface area (Å²) in [6.45, 7) is 3.40. The van der Waals surface area contributed by atoms with E-state index >= 15 is 0 Å². The maximum atomic E-state index is 4.43. The zero-order valence-electron chi connectivity index (χ0n) is 11.6. The summed E-state index contributed by atoms with van der Waals surface area (Å²) in [4.78, 5) is 4.43. The maximum absolute atomic E-state index is 4.43. The smallest absolute Gasteiger partial charge is 0.0404 e. The molecule has 18 heavy (non-hydrogen) atoms. The van der Waals surface area contributed by atoms with Crippen molar-refractivity contribution < 1.29 is 0 Å². The average molecular weight is 246 g/mol. The van der Waals surface area contributed by atoms with Crippen LogP contribution in [0.5, 0.6) is 0 Å². The number of aromatic nitrogens is 1. The van der Waals surface area contributed by atoms with Crippen LogP contribution in [0.3, 0.4) is 0 Å². The van der Waals surface area contributed by atoms with E-state index in [4.69, 9.17) is 0 Å². The minimum atomic E-state index is 0.703. The molecule has 1 saturated carbocycles. The SMILES string of the molecule is CCCNC(CCc1ccccn1)C1CCCC1. The van der Waals surface area contributed by atoms with Crippen LogP contribution in [0.1, 0.15) is 51.1 Å². The van der Waals surface area contributed by atoms with Gasteiger partial charge in [0.2, 0.25) is 0 Å². The molecule has 1 heterocycles. The summed E-state index contributed by atoms with van der Waals surface area (Å²) in [5.74, 6) is 0.903. The number of pyridine rings is 1. The summed E-state index contributed by atoms with van der Waals surface area (Å²) < 4.78 is 0. The van der Waals surface area contributed by atoms with E-state index in [0.717, 1.165) is 18.9 Å². The van der Waals surface area contributed by atoms with Gasteiger partial charge in [0.05, 0.1) is 0 Å². The van der Waals surface area contributed by atoms with Crippen molar-refractivity contribution in [3.8, 4) is 0 Å². The molecular formula is C16H26N2. The van der Waals surface area contributed by atoms with Crippen LogP contribution in [0.4, 0.5) is 0 Å². The first kappa shape index (κ1) is 13.5. The first-order chi connectivity index (χ1) is 8.90. The second-order valence-electron chi connectivity index (χ2n) is 5.46. The van der Waals surface area contributed by atoms with Crippen LogP contribution in [-0.4, -0.2) is 17.6 Å². The van der Waals surface area contributed by atoms with Crippen molar-refractivity contribution >= 4 is 0 Å². The molecule has 2 rings (SSSR count). The first-order valence-electron chi connectivity index (χ1n) is 7.53. The molecule has 1 atom stereocenters. The van der Waals surface area contributed by atoms with Crippen LogP contribution in [0.25, 0.3) is 0 Å². The summed E-state index contributed by atoms with van der Waals surface area (Å²) >= 11 is 0. The van der Waals surface area contributed by atoms with E-state index in [1.54, 1.807) is 0 Å². The van der Waals surface area contributed by atoms with Crippen LogP contribution < -0.4 is 5.32 Å². The minimum Gasteiger partial charge on any atom is -0.314 e. The molecule has 1 aromatic heterocycles. The molecule has 100 valence electrons. The number of rotatable bonds is 7. The van der Waals surface area contributed by atoms with Crippen LogP contribution in [0.2, 0.25) is 0 Å². The Hall–Kier alpha value is -0.890. The monoisotopic (exact) mass is 246 g/mol. The van der Waals surface area contributed by atoms with Crippen molar-refractivity contribution in [2.75, 3.05) is 6.54 Å². The van der Waals surface area contributed by atoms with Gasteiger partial charge in [-0.25, -0.2) is 0 Å². The highest BCUT2D eigenvalue weighted by atomic mass is 14.9. The molecular weight excluding hydrogens is 220 g/mol. The van der Waals surface area contributed by atoms with Gasteiger partial charge in [0.15, 0.2) is 0 Å². The Labute approximate surface area is 111 Å². The van der Waals surface area contributed by atoms with Gasteiger partial charge in [-0.05, 0) is 56.7 Å². The molecule has 0 saturated heterocycles. The molecule has 0 spiro atoms. The fourth-order valence-electron chi connectivity index (χ4n) is 3.04. The quantitative estimate of drug-likeness (QED) is 0.795. The molecule has 1 aliphatic carbocycles. The predicted molar refractivity (Wildman–Crippen MR) is 76.6 cm³/mol. The van der Waals surface area contributed by atoms with Gasteiger partial charge in [0.25, 0.3) is 0 Å². The number of hydrogen-bond donors (Lipinski definition) is 1. The lowest BCUT2D eigenvalue weighted by Gasteiger charge is -2.24. The first-order valence-corrected chi connectivity index (χ1v) is 7.53. The average Bonchev–Trinajstić information content (AvgIpc) is 2.94. The highest BCUT2D eigenvalue weighted by Gasteiger charge is 2.24. The van der Waals surface area contributed by atoms with Crippen LogP contribution in [0.15, 0.2) is 24.4 Å². The predicted octanol–water partition coefficient (Wildman–Crippen LogP) is 3.57. The minimum absolute atomic E-state index is 0.703. The Morgan fingerprint density at radius 2 is 2.17 bits per heavy atom. The van der Waals surface area contributed by atoms with E-state index in [0.29, 0.717) is 6.04 Å². The Balaban J connectivity index is 1.84. The molecule has 1 fully saturated rings. The fraction of sp³-hybridized carbons (Fsp3) is 0.688. The van der Waals surface area contributed by atoms with E-state index in [1.807, 2.05) is 12.3 Å². The van der Waals surface area contributed by atoms with E-state index in [1.165, 1.54) is 44.2 Å². The lowest BCUT2D eigenvalue weighted by molar-refractivity contribution is 0.340. The maximum Gasteiger partial charge on any atom is 0.0404 e. The van der Waals surface area contributed by atoms with Gasteiger partial charge in [-0.1, -0.05) is 25.8 Å². The Bertz CT molecular complexity index is 317. The molecule has 0 amide bonds. The van der Waals surface area contributed by atoms with Gasteiger partial charge in [-0.15, -0.1) is 0 Å². The molecule has 0 radical (unpaired) electrons. The molecule has 1 unspecified atom stereocenters. The van der Waals surface area contributed by atoms with Gasteiger partial charge in [0.1, 0.15) is 0 Å². The molecule has 2 nitrogen and oxygen atoms in total. The lowest BCUT2D eigenvalue weighted by Crippen LogP contribution is -2.36. The number of hydrogen-bond acceptors (Lipinski definition) is 2. The number of nitrogens with one attached hydrogen (secondary N) is 1. The van der Waals surface area contributed by atoms with Gasteiger partial charge in [-0.3, -0.25) is 4.98 Å². The fourth-order valence-corrected chi connectivity index (χ4v) is 3.04. The second kappa shape index (κ2) is 7.52. The molecule has 0 bridgehead atoms. The van der Waals surface area contributed by atoms with Crippen molar-refractivity contribution in [2.45, 2.75) is 57.9 Å². The highest BCUT2D eigenvalue weighted by molar-refractivity contribution is 5.04. The third-order valence-electron chi connectivity index (χ3n) is 4.06. The summed E-state index contributed by atoms with van der Waals surface area (Å²) in [5.41, 5.74) is 1.23. The molecule has 1 aromatic rings. The summed E-state index contributed by atoms with van der Waals surface area (Å²) in [7, 11) is 0. The Morgan fingerprint density at radius 1 is 1.33 bits per heavy atom. The molecule has 1 N–H and O–H groups in total. The summed E-state index contributed by atoms with van der Waals surface area (Å²) in [6, 6.07) is 6.93. The molecule has 0 aliphatic heterocycles. The van der Waals surface area contributed by atoms with Crippen molar-refractivity contribution in [1.82, 2.24) is 10.3 Å². The van der Waals surface area contributed by atoms with Crippen LogP contribution in [-0.2, 0) is 6.42 Å². The van der Waals surface area contributed by atoms with Gasteiger partial charge < -0.3 is 5.32 Å². The van der Waals surface area contributed by atoms with Crippen LogP contribution in [0, 0.1) is 5.92 Å². The van der Waals surface area contributed by atoms with Crippen molar-refractivity contribution in [3.05, 3.63) is 30.1 Å².